The van der Waals surface area contributed by atoms with Crippen LogP contribution < -0.4 is 16.0 Å². The largest absolute Gasteiger partial charge is 0.465 e. The molecule has 1 atom stereocenters. The van der Waals surface area contributed by atoms with Crippen LogP contribution in [0.5, 0.6) is 0 Å². The Labute approximate surface area is 313 Å². The normalized spacial score (nSPS) is 13.7. The van der Waals surface area contributed by atoms with Crippen LogP contribution in [0.1, 0.15) is 54.6 Å². The summed E-state index contributed by atoms with van der Waals surface area (Å²) >= 11 is 2.67. The van der Waals surface area contributed by atoms with Crippen LogP contribution in [0, 0.1) is 10.1 Å². The van der Waals surface area contributed by atoms with Gasteiger partial charge in [-0.1, -0.05) is 54.6 Å². The number of hydrogen-bond donors (Lipinski definition) is 3. The summed E-state index contributed by atoms with van der Waals surface area (Å²) in [6, 6.07) is 31.1. The molecule has 53 heavy (non-hydrogen) atoms. The molecule has 1 aliphatic rings. The monoisotopic (exact) mass is 746 g/mol. The number of esters is 1. The lowest BCUT2D eigenvalue weighted by Gasteiger charge is -2.22. The minimum atomic E-state index is -0.626. The van der Waals surface area contributed by atoms with Crippen molar-refractivity contribution in [3.05, 3.63) is 158 Å². The Bertz CT molecular complexity index is 2190. The van der Waals surface area contributed by atoms with Gasteiger partial charge >= 0.3 is 5.97 Å². The van der Waals surface area contributed by atoms with Crippen molar-refractivity contribution in [2.45, 2.75) is 30.1 Å². The molecule has 0 spiro atoms. The zero-order valence-corrected chi connectivity index (χ0v) is 30.1. The molecule has 1 heterocycles. The molecule has 5 aromatic rings. The summed E-state index contributed by atoms with van der Waals surface area (Å²) in [4.78, 5) is 65.0. The number of fused-ring (bicyclic) bond motifs is 1. The molecule has 0 radical (unpaired) electrons. The van der Waals surface area contributed by atoms with Gasteiger partial charge < -0.3 is 20.7 Å². The zero-order chi connectivity index (χ0) is 37.3. The third kappa shape index (κ3) is 9.25. The SMILES string of the molecule is COC(=O)c1c(NC(=O)CSc2cccc(NC(=O)/C(=C\c3ccc([N+](=O)[O-])cc3)NC(=O)c3ccccc3)c2)sc2c1CCC(c1ccccc1)C2. The van der Waals surface area contributed by atoms with Gasteiger partial charge in [-0.05, 0) is 90.4 Å². The maximum absolute atomic E-state index is 13.5. The van der Waals surface area contributed by atoms with E-state index >= 15 is 0 Å². The van der Waals surface area contributed by atoms with E-state index < -0.39 is 22.7 Å². The number of carbonyl (C=O) groups excluding carboxylic acids is 4. The molecule has 3 amide bonds. The predicted molar refractivity (Wildman–Crippen MR) is 206 cm³/mol. The van der Waals surface area contributed by atoms with Gasteiger partial charge in [0.15, 0.2) is 0 Å². The number of thioether (sulfide) groups is 1. The van der Waals surface area contributed by atoms with E-state index in [1.807, 2.05) is 18.2 Å². The molecular weight excluding hydrogens is 713 g/mol. The number of amides is 3. The number of nitrogens with one attached hydrogen (secondary N) is 3. The number of ether oxygens (including phenoxy) is 1. The second-order valence-corrected chi connectivity index (χ2v) is 14.2. The average molecular weight is 747 g/mol. The number of methoxy groups -OCH3 is 1. The first-order valence-corrected chi connectivity index (χ1v) is 18.4. The summed E-state index contributed by atoms with van der Waals surface area (Å²) < 4.78 is 5.10. The highest BCUT2D eigenvalue weighted by Gasteiger charge is 2.30. The van der Waals surface area contributed by atoms with Gasteiger partial charge in [0.1, 0.15) is 10.7 Å². The van der Waals surface area contributed by atoms with Gasteiger partial charge in [0.05, 0.1) is 23.3 Å². The van der Waals surface area contributed by atoms with Crippen molar-refractivity contribution >= 4 is 69.2 Å². The van der Waals surface area contributed by atoms with E-state index in [2.05, 4.69) is 28.1 Å². The maximum atomic E-state index is 13.5. The lowest BCUT2D eigenvalue weighted by Crippen LogP contribution is -2.30. The van der Waals surface area contributed by atoms with Crippen molar-refractivity contribution in [2.75, 3.05) is 23.5 Å². The first-order chi connectivity index (χ1) is 25.7. The molecule has 6 rings (SSSR count). The molecule has 1 aliphatic carbocycles. The van der Waals surface area contributed by atoms with Crippen LogP contribution in [0.3, 0.4) is 0 Å². The number of rotatable bonds is 12. The summed E-state index contributed by atoms with van der Waals surface area (Å²) in [5.41, 5.74) is 3.62. The van der Waals surface area contributed by atoms with Crippen molar-refractivity contribution in [2.24, 2.45) is 0 Å². The lowest BCUT2D eigenvalue weighted by atomic mass is 9.83. The van der Waals surface area contributed by atoms with Crippen molar-refractivity contribution < 1.29 is 28.8 Å². The molecule has 0 saturated heterocycles. The molecule has 11 nitrogen and oxygen atoms in total. The molecule has 1 unspecified atom stereocenters. The number of benzene rings is 4. The van der Waals surface area contributed by atoms with Crippen molar-refractivity contribution in [1.82, 2.24) is 5.32 Å². The highest BCUT2D eigenvalue weighted by molar-refractivity contribution is 8.00. The summed E-state index contributed by atoms with van der Waals surface area (Å²) in [5, 5.41) is 20.0. The molecule has 13 heteroatoms. The molecule has 0 fully saturated rings. The van der Waals surface area contributed by atoms with Gasteiger partial charge in [-0.2, -0.15) is 0 Å². The molecular formula is C40H34N4O7S2. The first kappa shape index (κ1) is 36.7. The van der Waals surface area contributed by atoms with E-state index in [-0.39, 0.29) is 23.0 Å². The Morgan fingerprint density at radius 2 is 1.64 bits per heavy atom. The zero-order valence-electron chi connectivity index (χ0n) is 28.5. The molecule has 268 valence electrons. The average Bonchev–Trinajstić information content (AvgIpc) is 3.54. The van der Waals surface area contributed by atoms with E-state index in [0.717, 1.165) is 23.3 Å². The Kier molecular flexibility index (Phi) is 11.8. The van der Waals surface area contributed by atoms with E-state index in [0.29, 0.717) is 44.6 Å². The van der Waals surface area contributed by atoms with Gasteiger partial charge in [0.25, 0.3) is 17.5 Å². The Morgan fingerprint density at radius 3 is 2.34 bits per heavy atom. The van der Waals surface area contributed by atoms with Crippen LogP contribution in [0.25, 0.3) is 6.08 Å². The number of nitrogens with zero attached hydrogens (tertiary/aromatic N) is 1. The number of thiophene rings is 1. The quantitative estimate of drug-likeness (QED) is 0.0383. The number of non-ortho nitro benzene ring substituents is 1. The van der Waals surface area contributed by atoms with E-state index in [4.69, 9.17) is 4.74 Å². The highest BCUT2D eigenvalue weighted by Crippen LogP contribution is 2.43. The van der Waals surface area contributed by atoms with E-state index in [9.17, 15) is 29.3 Å². The van der Waals surface area contributed by atoms with Crippen LogP contribution in [0.4, 0.5) is 16.4 Å². The first-order valence-electron chi connectivity index (χ1n) is 16.6. The number of anilines is 2. The second kappa shape index (κ2) is 17.0. The van der Waals surface area contributed by atoms with Gasteiger partial charge in [-0.25, -0.2) is 4.79 Å². The fraction of sp³-hybridized carbons (Fsp3) is 0.150. The third-order valence-corrected chi connectivity index (χ3v) is 10.7. The fourth-order valence-corrected chi connectivity index (χ4v) is 8.06. The van der Waals surface area contributed by atoms with E-state index in [1.54, 1.807) is 54.6 Å². The van der Waals surface area contributed by atoms with Crippen LogP contribution in [-0.2, 0) is 27.2 Å². The topological polar surface area (TPSA) is 157 Å². The summed E-state index contributed by atoms with van der Waals surface area (Å²) in [7, 11) is 1.33. The van der Waals surface area contributed by atoms with Gasteiger partial charge in [0, 0.05) is 33.2 Å². The van der Waals surface area contributed by atoms with Gasteiger partial charge in [0.2, 0.25) is 5.91 Å². The predicted octanol–water partition coefficient (Wildman–Crippen LogP) is 7.86. The smallest absolute Gasteiger partial charge is 0.341 e. The number of hydrogen-bond acceptors (Lipinski definition) is 9. The molecule has 3 N–H and O–H groups in total. The molecule has 0 saturated carbocycles. The van der Waals surface area contributed by atoms with Crippen molar-refractivity contribution in [3.8, 4) is 0 Å². The molecule has 4 aromatic carbocycles. The standard InChI is InChI=1S/C40H34N4O7S2/c1-51-40(48)36-32-20-17-28(26-9-4-2-5-10-26)22-34(32)53-39(36)43-35(45)24-52-31-14-8-13-29(23-31)41-38(47)33(42-37(46)27-11-6-3-7-12-27)21-25-15-18-30(19-16-25)44(49)50/h2-16,18-19,21,23,28H,17,20,22,24H2,1H3,(H,41,47)(H,42,46)(H,43,45)/b33-21+. The molecule has 0 aliphatic heterocycles. The third-order valence-electron chi connectivity index (χ3n) is 8.58. The van der Waals surface area contributed by atoms with Crippen LogP contribution >= 0.6 is 23.1 Å². The second-order valence-electron chi connectivity index (χ2n) is 12.1. The Morgan fingerprint density at radius 1 is 0.925 bits per heavy atom. The lowest BCUT2D eigenvalue weighted by molar-refractivity contribution is -0.384. The number of nitro benzene ring substituents is 1. The van der Waals surface area contributed by atoms with Gasteiger partial charge in [-0.3, -0.25) is 24.5 Å². The highest BCUT2D eigenvalue weighted by atomic mass is 32.2. The maximum Gasteiger partial charge on any atom is 0.341 e. The van der Waals surface area contributed by atoms with Crippen molar-refractivity contribution in [1.29, 1.82) is 0 Å². The van der Waals surface area contributed by atoms with Crippen LogP contribution in [0.2, 0.25) is 0 Å². The summed E-state index contributed by atoms with van der Waals surface area (Å²) in [6.45, 7) is 0. The number of nitro groups is 1. The van der Waals surface area contributed by atoms with Crippen LogP contribution in [0.15, 0.2) is 120 Å². The van der Waals surface area contributed by atoms with Gasteiger partial charge in [-0.15, -0.1) is 23.1 Å². The Hall–Kier alpha value is -6.05. The van der Waals surface area contributed by atoms with E-state index in [1.165, 1.54) is 66.1 Å². The molecule has 0 bridgehead atoms. The number of carbonyl (C=O) groups is 4. The minimum Gasteiger partial charge on any atom is -0.465 e. The van der Waals surface area contributed by atoms with Crippen LogP contribution in [-0.4, -0.2) is 41.5 Å². The minimum absolute atomic E-state index is 0.0334. The summed E-state index contributed by atoms with van der Waals surface area (Å²) in [6.07, 6.45) is 3.80. The Balaban J connectivity index is 1.13. The fourth-order valence-electron chi connectivity index (χ4n) is 5.98. The summed E-state index contributed by atoms with van der Waals surface area (Å²) in [5.74, 6) is -1.56. The molecule has 1 aromatic heterocycles. The van der Waals surface area contributed by atoms with Crippen molar-refractivity contribution in [3.63, 3.8) is 0 Å².